The number of ether oxygens (including phenoxy) is 1. The van der Waals surface area contributed by atoms with Crippen molar-refractivity contribution in [2.24, 2.45) is 0 Å². The summed E-state index contributed by atoms with van der Waals surface area (Å²) in [6, 6.07) is -0.627. The summed E-state index contributed by atoms with van der Waals surface area (Å²) in [5.74, 6) is -0.0481. The first kappa shape index (κ1) is 78.3. The molecular formula is C74H143NO5. The van der Waals surface area contributed by atoms with Crippen LogP contribution in [0, 0.1) is 0 Å². The molecule has 0 aromatic carbocycles. The van der Waals surface area contributed by atoms with Crippen LogP contribution in [-0.4, -0.2) is 47.4 Å². The van der Waals surface area contributed by atoms with Crippen molar-refractivity contribution in [3.63, 3.8) is 0 Å². The molecule has 2 atom stereocenters. The number of hydrogen-bond donors (Lipinski definition) is 3. The minimum Gasteiger partial charge on any atom is -0.466 e. The third-order valence-electron chi connectivity index (χ3n) is 17.2. The van der Waals surface area contributed by atoms with E-state index < -0.39 is 12.1 Å². The summed E-state index contributed by atoms with van der Waals surface area (Å²) in [5.41, 5.74) is 0. The molecule has 2 unspecified atom stereocenters. The number of aliphatic hydroxyl groups excluding tert-OH is 2. The zero-order valence-corrected chi connectivity index (χ0v) is 54.3. The highest BCUT2D eigenvalue weighted by Gasteiger charge is 2.18. The van der Waals surface area contributed by atoms with E-state index in [4.69, 9.17) is 4.74 Å². The first-order valence-electron chi connectivity index (χ1n) is 36.6. The molecule has 0 radical (unpaired) electrons. The van der Waals surface area contributed by atoms with Gasteiger partial charge in [-0.3, -0.25) is 9.59 Å². The molecule has 0 fully saturated rings. The van der Waals surface area contributed by atoms with Gasteiger partial charge >= 0.3 is 5.97 Å². The van der Waals surface area contributed by atoms with Crippen LogP contribution in [0.2, 0.25) is 0 Å². The SMILES string of the molecule is CCCCCCCCC/C=C\CCCCCCCCCC(=O)OCCCCCCCCCCCCCCCCCCCCCCCCCCCC(=O)NC(CO)C(O)/C=C/CCCCCCCCCCCCCCCCCCCC. The van der Waals surface area contributed by atoms with Crippen molar-refractivity contribution in [2.75, 3.05) is 13.2 Å². The molecule has 0 aliphatic rings. The van der Waals surface area contributed by atoms with E-state index in [2.05, 4.69) is 31.3 Å². The van der Waals surface area contributed by atoms with Gasteiger partial charge in [0.05, 0.1) is 25.4 Å². The lowest BCUT2D eigenvalue weighted by molar-refractivity contribution is -0.143. The quantitative estimate of drug-likeness (QED) is 0.0320. The molecule has 0 spiro atoms. The number of allylic oxidation sites excluding steroid dienone is 3. The Hall–Kier alpha value is -1.66. The van der Waals surface area contributed by atoms with Crippen molar-refractivity contribution >= 4 is 11.9 Å². The molecule has 0 aromatic rings. The second-order valence-electron chi connectivity index (χ2n) is 25.3. The Morgan fingerprint density at radius 3 is 0.887 bits per heavy atom. The Labute approximate surface area is 501 Å². The van der Waals surface area contributed by atoms with E-state index in [1.165, 1.54) is 340 Å². The van der Waals surface area contributed by atoms with Gasteiger partial charge in [0.2, 0.25) is 5.91 Å². The summed E-state index contributed by atoms with van der Waals surface area (Å²) in [5, 5.41) is 23.3. The van der Waals surface area contributed by atoms with Gasteiger partial charge in [0, 0.05) is 12.8 Å². The minimum absolute atomic E-state index is 0.0140. The van der Waals surface area contributed by atoms with E-state index in [1.807, 2.05) is 6.08 Å². The van der Waals surface area contributed by atoms with Crippen LogP contribution < -0.4 is 5.32 Å². The number of carbonyl (C=O) groups is 2. The Morgan fingerprint density at radius 2 is 0.588 bits per heavy atom. The second-order valence-corrected chi connectivity index (χ2v) is 25.3. The van der Waals surface area contributed by atoms with Gasteiger partial charge in [-0.05, 0) is 57.8 Å². The summed E-state index contributed by atoms with van der Waals surface area (Å²) in [4.78, 5) is 24.6. The van der Waals surface area contributed by atoms with Crippen LogP contribution in [0.1, 0.15) is 412 Å². The lowest BCUT2D eigenvalue weighted by Crippen LogP contribution is -2.45. The zero-order chi connectivity index (χ0) is 57.8. The Kier molecular flexibility index (Phi) is 68.4. The number of carbonyl (C=O) groups excluding carboxylic acids is 2. The number of nitrogens with one attached hydrogen (secondary N) is 1. The standard InChI is InChI=1S/C74H143NO5/c1-3-5-7-9-11-13-15-17-19-21-23-31-34-38-42-46-50-54-58-62-66-72(77)71(70-76)75-73(78)67-63-59-55-51-47-43-39-35-32-29-27-25-24-26-28-30-33-37-41-45-49-53-57-61-65-69-80-74(79)68-64-60-56-52-48-44-40-36-22-20-18-16-14-12-10-8-6-4-2/h20,22,62,66,71-72,76-77H,3-19,21,23-61,63-65,67-70H2,1-2H3,(H,75,78)/b22-20-,66-62+. The third-order valence-corrected chi connectivity index (χ3v) is 17.2. The van der Waals surface area contributed by atoms with Gasteiger partial charge in [0.15, 0.2) is 0 Å². The van der Waals surface area contributed by atoms with Crippen molar-refractivity contribution in [3.05, 3.63) is 24.3 Å². The van der Waals surface area contributed by atoms with E-state index in [1.54, 1.807) is 6.08 Å². The molecule has 0 aliphatic carbocycles. The largest absolute Gasteiger partial charge is 0.466 e. The molecule has 6 nitrogen and oxygen atoms in total. The van der Waals surface area contributed by atoms with Gasteiger partial charge in [0.25, 0.3) is 0 Å². The number of esters is 1. The van der Waals surface area contributed by atoms with Crippen molar-refractivity contribution in [3.8, 4) is 0 Å². The maximum atomic E-state index is 12.5. The molecule has 0 rings (SSSR count). The molecule has 0 aliphatic heterocycles. The van der Waals surface area contributed by atoms with Crippen LogP contribution in [0.5, 0.6) is 0 Å². The maximum Gasteiger partial charge on any atom is 0.305 e. The van der Waals surface area contributed by atoms with Gasteiger partial charge in [-0.25, -0.2) is 0 Å². The van der Waals surface area contributed by atoms with E-state index in [0.29, 0.717) is 19.4 Å². The minimum atomic E-state index is -0.844. The first-order chi connectivity index (χ1) is 39.5. The molecule has 474 valence electrons. The third kappa shape index (κ3) is 65.5. The van der Waals surface area contributed by atoms with E-state index >= 15 is 0 Å². The number of rotatable bonds is 69. The molecule has 3 N–H and O–H groups in total. The summed E-state index contributed by atoms with van der Waals surface area (Å²) >= 11 is 0. The van der Waals surface area contributed by atoms with E-state index in [-0.39, 0.29) is 18.5 Å². The summed E-state index contributed by atoms with van der Waals surface area (Å²) in [6.45, 7) is 4.94. The van der Waals surface area contributed by atoms with Crippen LogP contribution >= 0.6 is 0 Å². The second kappa shape index (κ2) is 69.8. The van der Waals surface area contributed by atoms with Crippen LogP contribution in [0.3, 0.4) is 0 Å². The lowest BCUT2D eigenvalue weighted by atomic mass is 10.0. The molecule has 0 saturated carbocycles. The summed E-state index contributed by atoms with van der Waals surface area (Å²) in [7, 11) is 0. The fourth-order valence-electron chi connectivity index (χ4n) is 11.6. The summed E-state index contributed by atoms with van der Waals surface area (Å²) in [6.07, 6.45) is 88.3. The van der Waals surface area contributed by atoms with E-state index in [9.17, 15) is 19.8 Å². The van der Waals surface area contributed by atoms with Gasteiger partial charge in [-0.1, -0.05) is 366 Å². The first-order valence-corrected chi connectivity index (χ1v) is 36.6. The highest BCUT2D eigenvalue weighted by Crippen LogP contribution is 2.19. The Morgan fingerprint density at radius 1 is 0.338 bits per heavy atom. The number of amides is 1. The van der Waals surface area contributed by atoms with Gasteiger partial charge in [0.1, 0.15) is 0 Å². The Bertz CT molecular complexity index is 1250. The van der Waals surface area contributed by atoms with Crippen molar-refractivity contribution in [1.82, 2.24) is 5.32 Å². The number of aliphatic hydroxyl groups is 2. The molecule has 0 heterocycles. The highest BCUT2D eigenvalue weighted by molar-refractivity contribution is 5.76. The molecule has 6 heteroatoms. The number of unbranched alkanes of at least 4 members (excludes halogenated alkanes) is 56. The monoisotopic (exact) mass is 1130 g/mol. The molecule has 1 amide bonds. The van der Waals surface area contributed by atoms with Crippen LogP contribution in [0.4, 0.5) is 0 Å². The lowest BCUT2D eigenvalue weighted by Gasteiger charge is -2.20. The fourth-order valence-corrected chi connectivity index (χ4v) is 11.6. The molecule has 80 heavy (non-hydrogen) atoms. The zero-order valence-electron chi connectivity index (χ0n) is 54.3. The summed E-state index contributed by atoms with van der Waals surface area (Å²) < 4.78 is 5.51. The van der Waals surface area contributed by atoms with Crippen molar-refractivity contribution in [1.29, 1.82) is 0 Å². The van der Waals surface area contributed by atoms with Crippen molar-refractivity contribution in [2.45, 2.75) is 424 Å². The average molecular weight is 1130 g/mol. The Balaban J connectivity index is 3.37. The predicted octanol–water partition coefficient (Wildman–Crippen LogP) is 23.7. The van der Waals surface area contributed by atoms with Crippen molar-refractivity contribution < 1.29 is 24.5 Å². The normalized spacial score (nSPS) is 12.6. The highest BCUT2D eigenvalue weighted by atomic mass is 16.5. The van der Waals surface area contributed by atoms with Crippen LogP contribution in [-0.2, 0) is 14.3 Å². The topological polar surface area (TPSA) is 95.9 Å². The van der Waals surface area contributed by atoms with Gasteiger partial charge in [-0.2, -0.15) is 0 Å². The fraction of sp³-hybridized carbons (Fsp3) is 0.919. The van der Waals surface area contributed by atoms with Gasteiger partial charge in [-0.15, -0.1) is 0 Å². The molecular weight excluding hydrogens is 983 g/mol. The van der Waals surface area contributed by atoms with Gasteiger partial charge < -0.3 is 20.3 Å². The molecule has 0 aromatic heterocycles. The maximum absolute atomic E-state index is 12.5. The number of hydrogen-bond acceptors (Lipinski definition) is 5. The molecule has 0 bridgehead atoms. The smallest absolute Gasteiger partial charge is 0.305 e. The predicted molar refractivity (Wildman–Crippen MR) is 352 cm³/mol. The van der Waals surface area contributed by atoms with E-state index in [0.717, 1.165) is 44.9 Å². The average Bonchev–Trinajstić information content (AvgIpc) is 3.46. The van der Waals surface area contributed by atoms with Crippen LogP contribution in [0.25, 0.3) is 0 Å². The molecule has 0 saturated heterocycles. The van der Waals surface area contributed by atoms with Crippen LogP contribution in [0.15, 0.2) is 24.3 Å².